The van der Waals surface area contributed by atoms with Crippen LogP contribution in [0, 0.1) is 13.8 Å². The van der Waals surface area contributed by atoms with Crippen LogP contribution in [0.5, 0.6) is 5.75 Å². The Bertz CT molecular complexity index is 624. The summed E-state index contributed by atoms with van der Waals surface area (Å²) in [7, 11) is 0. The van der Waals surface area contributed by atoms with E-state index in [0.717, 1.165) is 16.8 Å². The van der Waals surface area contributed by atoms with E-state index in [2.05, 4.69) is 9.97 Å². The number of aromatic hydroxyl groups is 1. The number of nitrogens with zero attached hydrogens (tertiary/aromatic N) is 2. The summed E-state index contributed by atoms with van der Waals surface area (Å²) < 4.78 is 0. The van der Waals surface area contributed by atoms with E-state index >= 15 is 0 Å². The lowest BCUT2D eigenvalue weighted by Gasteiger charge is -2.03. The second kappa shape index (κ2) is 4.33. The minimum absolute atomic E-state index is 0.262. The van der Waals surface area contributed by atoms with E-state index in [9.17, 15) is 9.90 Å². The average Bonchev–Trinajstić information content (AvgIpc) is 2.44. The highest BCUT2D eigenvalue weighted by Crippen LogP contribution is 2.20. The molecule has 2 aromatic rings. The molecule has 0 saturated carbocycles. The molecule has 0 radical (unpaired) electrons. The molecule has 4 nitrogen and oxygen atoms in total. The molecule has 0 spiro atoms. The lowest BCUT2D eigenvalue weighted by Crippen LogP contribution is -1.93. The lowest BCUT2D eigenvalue weighted by molar-refractivity contribution is 0.471. The molecule has 1 heterocycles. The zero-order chi connectivity index (χ0) is 12.4. The number of hydrogen-bond donors (Lipinski definition) is 1. The van der Waals surface area contributed by atoms with Crippen LogP contribution in [0.3, 0.4) is 0 Å². The second-order valence-corrected chi connectivity index (χ2v) is 3.79. The molecule has 0 fully saturated rings. The topological polar surface area (TPSA) is 63.1 Å². The molecule has 0 bridgehead atoms. The molecular formula is C13H12N2O2. The van der Waals surface area contributed by atoms with E-state index in [0.29, 0.717) is 5.82 Å². The van der Waals surface area contributed by atoms with Gasteiger partial charge in [0.25, 0.3) is 0 Å². The van der Waals surface area contributed by atoms with Crippen LogP contribution in [0.15, 0.2) is 35.3 Å². The summed E-state index contributed by atoms with van der Waals surface area (Å²) in [5.41, 5.74) is 2.10. The molecule has 0 aliphatic rings. The van der Waals surface area contributed by atoms with Gasteiger partial charge in [0.15, 0.2) is 5.75 Å². The van der Waals surface area contributed by atoms with Crippen molar-refractivity contribution in [3.63, 3.8) is 0 Å². The Kier molecular flexibility index (Phi) is 2.87. The van der Waals surface area contributed by atoms with Gasteiger partial charge in [0.1, 0.15) is 5.82 Å². The second-order valence-electron chi connectivity index (χ2n) is 3.79. The fraction of sp³-hybridized carbons (Fsp3) is 0.154. The number of hydrogen-bond acceptors (Lipinski definition) is 4. The molecule has 0 unspecified atom stereocenters. The highest BCUT2D eigenvalue weighted by atomic mass is 16.3. The number of rotatable bonds is 1. The quantitative estimate of drug-likeness (QED) is 0.808. The summed E-state index contributed by atoms with van der Waals surface area (Å²) in [6.07, 6.45) is 1.72. The van der Waals surface area contributed by atoms with Gasteiger partial charge in [0.2, 0.25) is 5.43 Å². The van der Waals surface area contributed by atoms with Crippen LogP contribution in [-0.2, 0) is 0 Å². The Morgan fingerprint density at radius 3 is 2.53 bits per heavy atom. The summed E-state index contributed by atoms with van der Waals surface area (Å²) >= 11 is 0. The standard InChI is InChI=1S/C13H12N2O2/c1-8-11(7-14-9(2)15-8)10-3-5-12(16)13(17)6-4-10/h3-7H,1-2H3,(H,16,17). The van der Waals surface area contributed by atoms with Crippen molar-refractivity contribution in [3.05, 3.63) is 52.2 Å². The summed E-state index contributed by atoms with van der Waals surface area (Å²) in [6, 6.07) is 6.06. The monoisotopic (exact) mass is 228 g/mol. The Morgan fingerprint density at radius 1 is 1.12 bits per heavy atom. The van der Waals surface area contributed by atoms with Crippen LogP contribution < -0.4 is 5.43 Å². The van der Waals surface area contributed by atoms with Gasteiger partial charge in [-0.2, -0.15) is 0 Å². The first-order valence-corrected chi connectivity index (χ1v) is 5.22. The number of aromatic nitrogens is 2. The van der Waals surface area contributed by atoms with E-state index in [-0.39, 0.29) is 5.75 Å². The van der Waals surface area contributed by atoms with Crippen LogP contribution >= 0.6 is 0 Å². The maximum absolute atomic E-state index is 11.3. The highest BCUT2D eigenvalue weighted by Gasteiger charge is 2.04. The van der Waals surface area contributed by atoms with Crippen LogP contribution in [0.25, 0.3) is 11.1 Å². The Hall–Kier alpha value is -2.23. The van der Waals surface area contributed by atoms with E-state index in [1.807, 2.05) is 13.8 Å². The van der Waals surface area contributed by atoms with Gasteiger partial charge >= 0.3 is 0 Å². The normalized spacial score (nSPS) is 10.2. The molecule has 0 atom stereocenters. The first kappa shape index (κ1) is 11.3. The first-order chi connectivity index (χ1) is 8.08. The van der Waals surface area contributed by atoms with Crippen molar-refractivity contribution in [3.8, 4) is 16.9 Å². The van der Waals surface area contributed by atoms with E-state index in [1.54, 1.807) is 18.3 Å². The predicted molar refractivity (Wildman–Crippen MR) is 64.9 cm³/mol. The largest absolute Gasteiger partial charge is 0.504 e. The van der Waals surface area contributed by atoms with Crippen molar-refractivity contribution in [2.75, 3.05) is 0 Å². The van der Waals surface area contributed by atoms with Crippen molar-refractivity contribution >= 4 is 0 Å². The van der Waals surface area contributed by atoms with Crippen molar-refractivity contribution in [1.29, 1.82) is 0 Å². The molecule has 0 aliphatic carbocycles. The molecule has 1 aromatic heterocycles. The smallest absolute Gasteiger partial charge is 0.220 e. The Labute approximate surface area is 98.6 Å². The van der Waals surface area contributed by atoms with Crippen LogP contribution in [0.4, 0.5) is 0 Å². The molecule has 17 heavy (non-hydrogen) atoms. The molecule has 2 rings (SSSR count). The maximum atomic E-state index is 11.3. The van der Waals surface area contributed by atoms with Crippen LogP contribution in [0.2, 0.25) is 0 Å². The molecule has 1 N–H and O–H groups in total. The van der Waals surface area contributed by atoms with Gasteiger partial charge in [-0.3, -0.25) is 4.79 Å². The van der Waals surface area contributed by atoms with Crippen molar-refractivity contribution in [1.82, 2.24) is 9.97 Å². The molecule has 0 saturated heterocycles. The SMILES string of the molecule is Cc1ncc(-c2ccc(O)c(=O)cc2)c(C)n1. The van der Waals surface area contributed by atoms with Crippen LogP contribution in [0.1, 0.15) is 11.5 Å². The summed E-state index contributed by atoms with van der Waals surface area (Å²) in [4.78, 5) is 19.7. The van der Waals surface area contributed by atoms with Gasteiger partial charge < -0.3 is 5.11 Å². The first-order valence-electron chi connectivity index (χ1n) is 5.22. The number of aryl methyl sites for hydroxylation is 2. The summed E-state index contributed by atoms with van der Waals surface area (Å²) in [5, 5.41) is 9.32. The predicted octanol–water partition coefficient (Wildman–Crippen LogP) is 1.83. The zero-order valence-electron chi connectivity index (χ0n) is 9.64. The maximum Gasteiger partial charge on any atom is 0.220 e. The molecule has 4 heteroatoms. The molecule has 0 amide bonds. The molecule has 1 aromatic carbocycles. The van der Waals surface area contributed by atoms with Gasteiger partial charge in [-0.1, -0.05) is 12.1 Å². The minimum atomic E-state index is -0.401. The van der Waals surface area contributed by atoms with Gasteiger partial charge in [0.05, 0.1) is 0 Å². The van der Waals surface area contributed by atoms with E-state index < -0.39 is 5.43 Å². The van der Waals surface area contributed by atoms with Gasteiger partial charge in [-0.25, -0.2) is 9.97 Å². The van der Waals surface area contributed by atoms with Crippen LogP contribution in [-0.4, -0.2) is 15.1 Å². The molecule has 0 aliphatic heterocycles. The van der Waals surface area contributed by atoms with Gasteiger partial charge in [-0.05, 0) is 31.5 Å². The van der Waals surface area contributed by atoms with Crippen molar-refractivity contribution < 1.29 is 5.11 Å². The highest BCUT2D eigenvalue weighted by molar-refractivity contribution is 5.64. The minimum Gasteiger partial charge on any atom is -0.504 e. The molecule has 86 valence electrons. The lowest BCUT2D eigenvalue weighted by atomic mass is 10.1. The fourth-order valence-electron chi connectivity index (χ4n) is 1.60. The third-order valence-corrected chi connectivity index (χ3v) is 2.50. The van der Waals surface area contributed by atoms with Gasteiger partial charge in [0, 0.05) is 17.5 Å². The molecular weight excluding hydrogens is 216 g/mol. The Balaban J connectivity index is 2.62. The van der Waals surface area contributed by atoms with Crippen molar-refractivity contribution in [2.45, 2.75) is 13.8 Å². The zero-order valence-corrected chi connectivity index (χ0v) is 9.64. The van der Waals surface area contributed by atoms with Crippen molar-refractivity contribution in [2.24, 2.45) is 0 Å². The third-order valence-electron chi connectivity index (χ3n) is 2.50. The van der Waals surface area contributed by atoms with E-state index in [1.165, 1.54) is 12.1 Å². The Morgan fingerprint density at radius 2 is 1.82 bits per heavy atom. The third kappa shape index (κ3) is 2.30. The van der Waals surface area contributed by atoms with Gasteiger partial charge in [-0.15, -0.1) is 0 Å². The van der Waals surface area contributed by atoms with E-state index in [4.69, 9.17) is 0 Å². The fourth-order valence-corrected chi connectivity index (χ4v) is 1.60. The summed E-state index contributed by atoms with van der Waals surface area (Å²) in [6.45, 7) is 3.71. The summed E-state index contributed by atoms with van der Waals surface area (Å²) in [5.74, 6) is 0.445. The average molecular weight is 228 g/mol.